The molecule has 2 aromatic rings. The van der Waals surface area contributed by atoms with E-state index < -0.39 is 0 Å². The van der Waals surface area contributed by atoms with Crippen molar-refractivity contribution in [1.82, 2.24) is 14.9 Å². The second-order valence-electron chi connectivity index (χ2n) is 6.47. The van der Waals surface area contributed by atoms with Crippen LogP contribution in [0, 0.1) is 6.92 Å². The largest absolute Gasteiger partial charge is 0.383 e. The second-order valence-corrected chi connectivity index (χ2v) is 6.47. The van der Waals surface area contributed by atoms with Crippen LogP contribution in [0.5, 0.6) is 0 Å². The van der Waals surface area contributed by atoms with Gasteiger partial charge < -0.3 is 10.6 Å². The molecule has 1 fully saturated rings. The van der Waals surface area contributed by atoms with Gasteiger partial charge in [-0.05, 0) is 18.9 Å². The number of aromatic nitrogens is 2. The number of aryl methyl sites for hydroxylation is 1. The fourth-order valence-corrected chi connectivity index (χ4v) is 3.17. The first-order chi connectivity index (χ1) is 11.7. The lowest BCUT2D eigenvalue weighted by atomic mass is 10.2. The van der Waals surface area contributed by atoms with Gasteiger partial charge in [0.05, 0.1) is 0 Å². The van der Waals surface area contributed by atoms with Crippen LogP contribution in [0.4, 0.5) is 11.6 Å². The second kappa shape index (κ2) is 7.62. The maximum Gasteiger partial charge on any atom is 0.137 e. The Morgan fingerprint density at radius 1 is 1.04 bits per heavy atom. The van der Waals surface area contributed by atoms with Crippen molar-refractivity contribution in [2.24, 2.45) is 0 Å². The third-order valence-corrected chi connectivity index (χ3v) is 4.60. The molecule has 128 valence electrons. The lowest BCUT2D eigenvalue weighted by Crippen LogP contribution is -2.46. The molecule has 1 aliphatic heterocycles. The van der Waals surface area contributed by atoms with Crippen molar-refractivity contribution in [3.8, 4) is 0 Å². The summed E-state index contributed by atoms with van der Waals surface area (Å²) < 4.78 is 0. The molecule has 0 saturated carbocycles. The van der Waals surface area contributed by atoms with Crippen molar-refractivity contribution in [2.45, 2.75) is 33.2 Å². The number of benzene rings is 1. The zero-order valence-corrected chi connectivity index (χ0v) is 14.7. The summed E-state index contributed by atoms with van der Waals surface area (Å²) >= 11 is 0. The van der Waals surface area contributed by atoms with Crippen LogP contribution in [0.1, 0.15) is 30.3 Å². The van der Waals surface area contributed by atoms with Gasteiger partial charge in [-0.1, -0.05) is 37.3 Å². The van der Waals surface area contributed by atoms with Crippen LogP contribution in [0.25, 0.3) is 0 Å². The Morgan fingerprint density at radius 2 is 1.75 bits per heavy atom. The van der Waals surface area contributed by atoms with Crippen LogP contribution in [0.2, 0.25) is 0 Å². The number of hydrogen-bond acceptors (Lipinski definition) is 5. The highest BCUT2D eigenvalue weighted by atomic mass is 15.3. The maximum atomic E-state index is 6.10. The Labute approximate surface area is 144 Å². The van der Waals surface area contributed by atoms with Gasteiger partial charge in [0.1, 0.15) is 17.5 Å². The van der Waals surface area contributed by atoms with E-state index in [2.05, 4.69) is 52.0 Å². The standard InChI is InChI=1S/C19H27N5/c1-3-7-17-21-18(20)15(2)19(22-17)24-12-10-23(11-13-24)14-16-8-5-4-6-9-16/h4-6,8-9H,3,7,10-14H2,1-2H3,(H2,20,21,22). The topological polar surface area (TPSA) is 58.3 Å². The molecule has 24 heavy (non-hydrogen) atoms. The minimum Gasteiger partial charge on any atom is -0.383 e. The van der Waals surface area contributed by atoms with Crippen LogP contribution in [0.3, 0.4) is 0 Å². The summed E-state index contributed by atoms with van der Waals surface area (Å²) in [5.41, 5.74) is 8.48. The Bertz CT molecular complexity index is 663. The first-order valence-corrected chi connectivity index (χ1v) is 8.81. The number of rotatable bonds is 5. The Hall–Kier alpha value is -2.14. The van der Waals surface area contributed by atoms with Crippen molar-refractivity contribution < 1.29 is 0 Å². The number of nitrogens with zero attached hydrogens (tertiary/aromatic N) is 4. The number of piperazine rings is 1. The van der Waals surface area contributed by atoms with Crippen molar-refractivity contribution in [3.63, 3.8) is 0 Å². The summed E-state index contributed by atoms with van der Waals surface area (Å²) in [5, 5.41) is 0. The fourth-order valence-electron chi connectivity index (χ4n) is 3.17. The third-order valence-electron chi connectivity index (χ3n) is 4.60. The summed E-state index contributed by atoms with van der Waals surface area (Å²) in [6, 6.07) is 10.7. The predicted octanol–water partition coefficient (Wildman–Crippen LogP) is 2.64. The minimum atomic E-state index is 0.621. The van der Waals surface area contributed by atoms with Gasteiger partial charge >= 0.3 is 0 Å². The monoisotopic (exact) mass is 325 g/mol. The van der Waals surface area contributed by atoms with Crippen LogP contribution in [0.15, 0.2) is 30.3 Å². The van der Waals surface area contributed by atoms with Crippen molar-refractivity contribution in [3.05, 3.63) is 47.3 Å². The molecule has 5 nitrogen and oxygen atoms in total. The van der Waals surface area contributed by atoms with Gasteiger partial charge in [-0.2, -0.15) is 0 Å². The molecule has 1 saturated heterocycles. The third kappa shape index (κ3) is 3.85. The number of nitrogen functional groups attached to an aromatic ring is 1. The van der Waals surface area contributed by atoms with Crippen LogP contribution in [-0.2, 0) is 13.0 Å². The molecule has 2 N–H and O–H groups in total. The van der Waals surface area contributed by atoms with Crippen molar-refractivity contribution in [2.75, 3.05) is 36.8 Å². The first-order valence-electron chi connectivity index (χ1n) is 8.81. The lowest BCUT2D eigenvalue weighted by Gasteiger charge is -2.36. The Kier molecular flexibility index (Phi) is 5.30. The number of nitrogens with two attached hydrogens (primary N) is 1. The molecule has 0 bridgehead atoms. The summed E-state index contributed by atoms with van der Waals surface area (Å²) in [7, 11) is 0. The van der Waals surface area contributed by atoms with E-state index in [1.807, 2.05) is 6.92 Å². The van der Waals surface area contributed by atoms with E-state index in [4.69, 9.17) is 10.7 Å². The van der Waals surface area contributed by atoms with Crippen LogP contribution < -0.4 is 10.6 Å². The summed E-state index contributed by atoms with van der Waals surface area (Å²) in [5.74, 6) is 2.50. The van der Waals surface area contributed by atoms with E-state index in [0.717, 1.165) is 62.8 Å². The molecule has 1 aromatic heterocycles. The molecule has 0 radical (unpaired) electrons. The molecule has 0 spiro atoms. The molecule has 1 aromatic carbocycles. The van der Waals surface area contributed by atoms with Gasteiger partial charge in [0.25, 0.3) is 0 Å². The smallest absolute Gasteiger partial charge is 0.137 e. The molecule has 3 rings (SSSR count). The normalized spacial score (nSPS) is 15.7. The van der Waals surface area contributed by atoms with Crippen LogP contribution in [-0.4, -0.2) is 41.0 Å². The zero-order valence-electron chi connectivity index (χ0n) is 14.7. The molecule has 0 atom stereocenters. The predicted molar refractivity (Wildman–Crippen MR) is 99.1 cm³/mol. The molecule has 0 amide bonds. The lowest BCUT2D eigenvalue weighted by molar-refractivity contribution is 0.249. The van der Waals surface area contributed by atoms with Crippen molar-refractivity contribution >= 4 is 11.6 Å². The molecule has 5 heteroatoms. The van der Waals surface area contributed by atoms with E-state index in [1.54, 1.807) is 0 Å². The first kappa shape index (κ1) is 16.7. The van der Waals surface area contributed by atoms with Gasteiger partial charge in [-0.25, -0.2) is 9.97 Å². The van der Waals surface area contributed by atoms with E-state index in [-0.39, 0.29) is 0 Å². The van der Waals surface area contributed by atoms with Gasteiger partial charge in [0.2, 0.25) is 0 Å². The quantitative estimate of drug-likeness (QED) is 0.916. The highest BCUT2D eigenvalue weighted by Gasteiger charge is 2.21. The molecular weight excluding hydrogens is 298 g/mol. The highest BCUT2D eigenvalue weighted by molar-refractivity contribution is 5.56. The van der Waals surface area contributed by atoms with Gasteiger partial charge in [-0.15, -0.1) is 0 Å². The summed E-state index contributed by atoms with van der Waals surface area (Å²) in [4.78, 5) is 14.0. The average molecular weight is 325 g/mol. The SMILES string of the molecule is CCCc1nc(N)c(C)c(N2CCN(Cc3ccccc3)CC2)n1. The highest BCUT2D eigenvalue weighted by Crippen LogP contribution is 2.23. The van der Waals surface area contributed by atoms with Gasteiger partial charge in [0.15, 0.2) is 0 Å². The van der Waals surface area contributed by atoms with E-state index >= 15 is 0 Å². The average Bonchev–Trinajstić information content (AvgIpc) is 2.60. The van der Waals surface area contributed by atoms with E-state index in [1.165, 1.54) is 5.56 Å². The summed E-state index contributed by atoms with van der Waals surface area (Å²) in [6.45, 7) is 9.23. The minimum absolute atomic E-state index is 0.621. The molecule has 0 aliphatic carbocycles. The van der Waals surface area contributed by atoms with Crippen molar-refractivity contribution in [1.29, 1.82) is 0 Å². The molecular formula is C19H27N5. The maximum absolute atomic E-state index is 6.10. The Balaban J connectivity index is 1.66. The zero-order chi connectivity index (χ0) is 16.9. The molecule has 1 aliphatic rings. The number of hydrogen-bond donors (Lipinski definition) is 1. The number of anilines is 2. The Morgan fingerprint density at radius 3 is 2.42 bits per heavy atom. The van der Waals surface area contributed by atoms with Gasteiger partial charge in [0, 0.05) is 44.7 Å². The van der Waals surface area contributed by atoms with E-state index in [0.29, 0.717) is 5.82 Å². The fraction of sp³-hybridized carbons (Fsp3) is 0.474. The van der Waals surface area contributed by atoms with Crippen LogP contribution >= 0.6 is 0 Å². The van der Waals surface area contributed by atoms with E-state index in [9.17, 15) is 0 Å². The summed E-state index contributed by atoms with van der Waals surface area (Å²) in [6.07, 6.45) is 1.91. The van der Waals surface area contributed by atoms with Gasteiger partial charge in [-0.3, -0.25) is 4.90 Å². The molecule has 2 heterocycles. The molecule has 0 unspecified atom stereocenters.